The fourth-order valence-electron chi connectivity index (χ4n) is 4.42. The Balaban J connectivity index is 2.22. The average Bonchev–Trinajstić information content (AvgIpc) is 3.30. The minimum Gasteiger partial charge on any atom is -0.370 e. The Morgan fingerprint density at radius 2 is 1.55 bits per heavy atom. The molecule has 44 heavy (non-hydrogen) atoms. The number of nitrogens with two attached hydrogens (primary N) is 4. The molecule has 15 nitrogen and oxygen atoms in total. The summed E-state index contributed by atoms with van der Waals surface area (Å²) >= 11 is 5.24. The van der Waals surface area contributed by atoms with Gasteiger partial charge in [0.2, 0.25) is 23.6 Å². The third kappa shape index (κ3) is 12.1. The van der Waals surface area contributed by atoms with E-state index in [1.165, 1.54) is 0 Å². The predicted molar refractivity (Wildman–Crippen MR) is 169 cm³/mol. The van der Waals surface area contributed by atoms with Crippen molar-refractivity contribution in [1.29, 1.82) is 5.41 Å². The number of aromatic nitrogens is 2. The lowest BCUT2D eigenvalue weighted by atomic mass is 10.0. The van der Waals surface area contributed by atoms with Gasteiger partial charge in [-0.2, -0.15) is 0 Å². The van der Waals surface area contributed by atoms with E-state index in [-0.39, 0.29) is 31.6 Å². The van der Waals surface area contributed by atoms with Gasteiger partial charge in [0, 0.05) is 38.3 Å². The van der Waals surface area contributed by atoms with Crippen molar-refractivity contribution in [1.82, 2.24) is 30.8 Å². The number of benzene rings is 1. The van der Waals surface area contributed by atoms with Crippen LogP contribution >= 0.6 is 12.2 Å². The van der Waals surface area contributed by atoms with Crippen molar-refractivity contribution < 1.29 is 19.2 Å². The van der Waals surface area contributed by atoms with Gasteiger partial charge in [-0.1, -0.05) is 30.3 Å². The van der Waals surface area contributed by atoms with Gasteiger partial charge >= 0.3 is 0 Å². The molecule has 0 spiro atoms. The van der Waals surface area contributed by atoms with Crippen molar-refractivity contribution >= 4 is 41.8 Å². The number of H-pyrrole nitrogens is 1. The number of unbranched alkanes of at least 4 members (excludes halogenated alkanes) is 1. The molecule has 0 radical (unpaired) electrons. The number of nitrogens with zero attached hydrogens (tertiary/aromatic N) is 1. The first-order valence-corrected chi connectivity index (χ1v) is 14.8. The molecule has 0 aliphatic carbocycles. The summed E-state index contributed by atoms with van der Waals surface area (Å²) in [6.45, 7) is 0.753. The molecular formula is C28H45N11O4S. The van der Waals surface area contributed by atoms with Crippen LogP contribution in [0.25, 0.3) is 0 Å². The monoisotopic (exact) mass is 631 g/mol. The number of hydrogen-bond acceptors (Lipinski definition) is 8. The highest BCUT2D eigenvalue weighted by molar-refractivity contribution is 7.71. The summed E-state index contributed by atoms with van der Waals surface area (Å²) < 4.78 is 2.09. The van der Waals surface area contributed by atoms with Crippen LogP contribution in [0.3, 0.4) is 0 Å². The first kappa shape index (κ1) is 35.9. The lowest BCUT2D eigenvalue weighted by Crippen LogP contribution is -2.58. The SMILES string of the molecule is Cn1c(C[C@H](NC(=O)[C@H](N)CCCNC(=N)N)C(=O)N[C@@H](CCCCN)C(=O)N[C@@H](Cc2ccccc2)C(N)=O)c[nH]c1=S. The highest BCUT2D eigenvalue weighted by Crippen LogP contribution is 2.09. The molecule has 1 aromatic heterocycles. The number of imidazole rings is 1. The summed E-state index contributed by atoms with van der Waals surface area (Å²) in [4.78, 5) is 55.2. The number of guanidine groups is 1. The minimum absolute atomic E-state index is 0.0505. The number of carbonyl (C=O) groups excluding carboxylic acids is 4. The number of hydrogen-bond donors (Lipinski definition) is 10. The number of nitrogens with one attached hydrogen (secondary N) is 6. The molecule has 242 valence electrons. The first-order valence-electron chi connectivity index (χ1n) is 14.4. The van der Waals surface area contributed by atoms with Gasteiger partial charge in [0.25, 0.3) is 0 Å². The Morgan fingerprint density at radius 1 is 0.909 bits per heavy atom. The molecule has 0 aliphatic rings. The van der Waals surface area contributed by atoms with E-state index in [1.54, 1.807) is 17.8 Å². The van der Waals surface area contributed by atoms with E-state index in [0.717, 1.165) is 5.56 Å². The van der Waals surface area contributed by atoms with E-state index in [4.69, 9.17) is 40.6 Å². The zero-order valence-corrected chi connectivity index (χ0v) is 25.8. The third-order valence-electron chi connectivity index (χ3n) is 7.01. The number of rotatable bonds is 19. The second kappa shape index (κ2) is 18.4. The molecule has 16 heteroatoms. The number of carbonyl (C=O) groups is 4. The van der Waals surface area contributed by atoms with Crippen molar-refractivity contribution in [3.05, 3.63) is 52.6 Å². The fraction of sp³-hybridized carbons (Fsp3) is 0.500. The first-order chi connectivity index (χ1) is 20.9. The normalized spacial score (nSPS) is 13.6. The van der Waals surface area contributed by atoms with Gasteiger partial charge in [0.1, 0.15) is 18.1 Å². The van der Waals surface area contributed by atoms with E-state index in [2.05, 4.69) is 26.3 Å². The molecule has 4 amide bonds. The average molecular weight is 632 g/mol. The molecule has 0 saturated heterocycles. The van der Waals surface area contributed by atoms with Crippen LogP contribution in [0.15, 0.2) is 36.5 Å². The van der Waals surface area contributed by atoms with Gasteiger partial charge in [-0.3, -0.25) is 24.6 Å². The highest BCUT2D eigenvalue weighted by Gasteiger charge is 2.30. The van der Waals surface area contributed by atoms with Crippen molar-refractivity contribution in [2.45, 2.75) is 69.1 Å². The molecule has 0 aliphatic heterocycles. The molecule has 2 aromatic rings. The Bertz CT molecular complexity index is 1310. The standard InChI is InChI=1S/C28H45N11O4S/c1-39-18(16-35-28(39)44)15-22(38-24(41)19(30)10-7-13-34-27(32)33)26(43)36-20(11-5-6-12-29)25(42)37-21(23(31)40)14-17-8-3-2-4-9-17/h2-4,8-9,16,19-22H,5-7,10-15,29-30H2,1H3,(H2,31,40)(H,35,44)(H,36,43)(H,37,42)(H,38,41)(H4,32,33,34)/t19-,20+,21+,22+/m1/s1. The summed E-state index contributed by atoms with van der Waals surface area (Å²) in [5, 5.41) is 18.0. The molecule has 0 saturated carbocycles. The lowest BCUT2D eigenvalue weighted by Gasteiger charge is -2.25. The van der Waals surface area contributed by atoms with Crippen LogP contribution in [0.4, 0.5) is 0 Å². The van der Waals surface area contributed by atoms with Crippen LogP contribution in [-0.2, 0) is 39.1 Å². The van der Waals surface area contributed by atoms with Gasteiger partial charge in [-0.25, -0.2) is 0 Å². The third-order valence-corrected chi connectivity index (χ3v) is 7.40. The maximum Gasteiger partial charge on any atom is 0.243 e. The lowest BCUT2D eigenvalue weighted by molar-refractivity contribution is -0.133. The van der Waals surface area contributed by atoms with E-state index in [0.29, 0.717) is 42.8 Å². The molecule has 0 fully saturated rings. The smallest absolute Gasteiger partial charge is 0.243 e. The summed E-state index contributed by atoms with van der Waals surface area (Å²) in [5.41, 5.74) is 24.0. The van der Waals surface area contributed by atoms with Gasteiger partial charge in [0.15, 0.2) is 10.7 Å². The van der Waals surface area contributed by atoms with Crippen LogP contribution in [0.2, 0.25) is 0 Å². The number of amides is 4. The molecule has 2 rings (SSSR count). The molecular weight excluding hydrogens is 586 g/mol. The minimum atomic E-state index is -1.11. The zero-order valence-electron chi connectivity index (χ0n) is 24.9. The molecule has 14 N–H and O–H groups in total. The Kier molecular flexibility index (Phi) is 15.0. The molecule has 4 atom stereocenters. The van der Waals surface area contributed by atoms with Crippen LogP contribution < -0.4 is 44.2 Å². The summed E-state index contributed by atoms with van der Waals surface area (Å²) in [6.07, 6.45) is 3.97. The van der Waals surface area contributed by atoms with E-state index in [9.17, 15) is 19.2 Å². The maximum absolute atomic E-state index is 13.7. The number of aromatic amines is 1. The quantitative estimate of drug-likeness (QED) is 0.0375. The van der Waals surface area contributed by atoms with E-state index in [1.807, 2.05) is 30.3 Å². The largest absolute Gasteiger partial charge is 0.370 e. The van der Waals surface area contributed by atoms with Crippen molar-refractivity contribution in [2.24, 2.45) is 30.0 Å². The summed E-state index contributed by atoms with van der Waals surface area (Å²) in [5.74, 6) is -2.68. The molecule has 1 heterocycles. The number of primary amides is 1. The summed E-state index contributed by atoms with van der Waals surface area (Å²) in [7, 11) is 1.72. The van der Waals surface area contributed by atoms with Crippen LogP contribution in [0.5, 0.6) is 0 Å². The van der Waals surface area contributed by atoms with E-state index < -0.39 is 47.8 Å². The van der Waals surface area contributed by atoms with Crippen LogP contribution in [0.1, 0.15) is 43.4 Å². The Labute approximate surface area is 261 Å². The van der Waals surface area contributed by atoms with Gasteiger partial charge in [-0.05, 0) is 56.4 Å². The second-order valence-corrected chi connectivity index (χ2v) is 10.9. The van der Waals surface area contributed by atoms with Crippen molar-refractivity contribution in [2.75, 3.05) is 13.1 Å². The molecule has 0 bridgehead atoms. The van der Waals surface area contributed by atoms with Crippen molar-refractivity contribution in [3.63, 3.8) is 0 Å². The van der Waals surface area contributed by atoms with Gasteiger partial charge in [-0.15, -0.1) is 0 Å². The molecule has 1 aromatic carbocycles. The summed E-state index contributed by atoms with van der Waals surface area (Å²) in [6, 6.07) is 5.00. The van der Waals surface area contributed by atoms with Crippen molar-refractivity contribution in [3.8, 4) is 0 Å². The van der Waals surface area contributed by atoms with Gasteiger partial charge in [0.05, 0.1) is 6.04 Å². The Morgan fingerprint density at radius 3 is 2.14 bits per heavy atom. The van der Waals surface area contributed by atoms with Crippen LogP contribution in [-0.4, -0.2) is 76.4 Å². The van der Waals surface area contributed by atoms with Gasteiger partial charge < -0.3 is 53.8 Å². The Hall–Kier alpha value is -4.28. The second-order valence-electron chi connectivity index (χ2n) is 10.5. The topological polar surface area (TPSA) is 265 Å². The van der Waals surface area contributed by atoms with Crippen LogP contribution in [0, 0.1) is 10.2 Å². The maximum atomic E-state index is 13.7. The molecule has 0 unspecified atom stereocenters. The van der Waals surface area contributed by atoms with E-state index >= 15 is 0 Å². The zero-order chi connectivity index (χ0) is 32.6. The predicted octanol–water partition coefficient (Wildman–Crippen LogP) is -1.47. The highest BCUT2D eigenvalue weighted by atomic mass is 32.1. The fourth-order valence-corrected chi connectivity index (χ4v) is 4.59.